The molecule has 0 bridgehead atoms. The highest BCUT2D eigenvalue weighted by Crippen LogP contribution is 2.20. The van der Waals surface area contributed by atoms with Gasteiger partial charge in [-0.3, -0.25) is 5.10 Å². The van der Waals surface area contributed by atoms with Crippen LogP contribution in [-0.4, -0.2) is 36.2 Å². The molecule has 2 rings (SSSR count). The van der Waals surface area contributed by atoms with Crippen molar-refractivity contribution in [2.45, 2.75) is 17.2 Å². The number of nitrogens with one attached hydrogen (secondary N) is 1. The average Bonchev–Trinajstić information content (AvgIpc) is 2.70. The van der Waals surface area contributed by atoms with Gasteiger partial charge in [0.2, 0.25) is 0 Å². The van der Waals surface area contributed by atoms with Gasteiger partial charge in [0.15, 0.2) is 10.3 Å². The summed E-state index contributed by atoms with van der Waals surface area (Å²) in [6.45, 7) is 1.62. The third-order valence-corrected chi connectivity index (χ3v) is 2.54. The number of carbonyl (C=O) groups is 1. The molecule has 7 nitrogen and oxygen atoms in total. The maximum absolute atomic E-state index is 10.7. The lowest BCUT2D eigenvalue weighted by atomic mass is 10.2. The van der Waals surface area contributed by atoms with Crippen molar-refractivity contribution in [3.05, 3.63) is 23.8 Å². The highest BCUT2D eigenvalue weighted by Gasteiger charge is 2.11. The van der Waals surface area contributed by atoms with Crippen molar-refractivity contribution in [3.63, 3.8) is 0 Å². The van der Waals surface area contributed by atoms with Crippen LogP contribution in [0, 0.1) is 6.92 Å². The molecule has 0 atom stereocenters. The lowest BCUT2D eigenvalue weighted by Crippen LogP contribution is -2.03. The predicted octanol–water partition coefficient (Wildman–Crippen LogP) is 0.753. The Morgan fingerprint density at radius 2 is 2.31 bits per heavy atom. The number of aromatic nitrogens is 5. The number of carboxylic acids is 1. The molecule has 0 aliphatic carbocycles. The first-order valence-corrected chi connectivity index (χ1v) is 5.08. The predicted molar refractivity (Wildman–Crippen MR) is 54.2 cm³/mol. The van der Waals surface area contributed by atoms with Crippen molar-refractivity contribution in [2.75, 3.05) is 0 Å². The fourth-order valence-corrected chi connectivity index (χ4v) is 1.69. The van der Waals surface area contributed by atoms with Gasteiger partial charge in [-0.2, -0.15) is 5.10 Å². The van der Waals surface area contributed by atoms with E-state index in [0.29, 0.717) is 16.0 Å². The Kier molecular flexibility index (Phi) is 2.82. The number of aromatic carboxylic acids is 1. The van der Waals surface area contributed by atoms with Gasteiger partial charge in [0.1, 0.15) is 6.33 Å². The molecule has 0 amide bonds. The molecular formula is C8H7N5O2S. The molecule has 2 heterocycles. The molecule has 0 saturated heterocycles. The van der Waals surface area contributed by atoms with Crippen LogP contribution in [0.25, 0.3) is 0 Å². The maximum Gasteiger partial charge on any atom is 0.339 e. The topological polar surface area (TPSA) is 105 Å². The monoisotopic (exact) mass is 237 g/mol. The van der Waals surface area contributed by atoms with E-state index in [-0.39, 0.29) is 5.56 Å². The smallest absolute Gasteiger partial charge is 0.339 e. The van der Waals surface area contributed by atoms with E-state index in [4.69, 9.17) is 5.11 Å². The van der Waals surface area contributed by atoms with Gasteiger partial charge in [-0.25, -0.2) is 19.7 Å². The Hall–Kier alpha value is -1.96. The summed E-state index contributed by atoms with van der Waals surface area (Å²) in [5.41, 5.74) is 0.520. The van der Waals surface area contributed by atoms with E-state index >= 15 is 0 Å². The Morgan fingerprint density at radius 1 is 1.50 bits per heavy atom. The summed E-state index contributed by atoms with van der Waals surface area (Å²) < 4.78 is 0. The van der Waals surface area contributed by atoms with Crippen LogP contribution >= 0.6 is 11.8 Å². The van der Waals surface area contributed by atoms with Crippen molar-refractivity contribution in [1.29, 1.82) is 0 Å². The van der Waals surface area contributed by atoms with Crippen molar-refractivity contribution in [2.24, 2.45) is 0 Å². The fraction of sp³-hybridized carbons (Fsp3) is 0.125. The van der Waals surface area contributed by atoms with E-state index in [1.807, 2.05) is 0 Å². The zero-order chi connectivity index (χ0) is 11.5. The van der Waals surface area contributed by atoms with Crippen molar-refractivity contribution < 1.29 is 9.90 Å². The molecule has 2 aromatic heterocycles. The van der Waals surface area contributed by atoms with E-state index in [0.717, 1.165) is 0 Å². The number of hydrogen-bond donors (Lipinski definition) is 2. The van der Waals surface area contributed by atoms with Crippen LogP contribution in [0.4, 0.5) is 0 Å². The Labute approximate surface area is 94.4 Å². The Morgan fingerprint density at radius 3 is 2.88 bits per heavy atom. The molecule has 0 unspecified atom stereocenters. The summed E-state index contributed by atoms with van der Waals surface area (Å²) in [5.74, 6) is -1.03. The first kappa shape index (κ1) is 10.6. The minimum Gasteiger partial charge on any atom is -0.478 e. The van der Waals surface area contributed by atoms with Gasteiger partial charge >= 0.3 is 5.97 Å². The van der Waals surface area contributed by atoms with Gasteiger partial charge < -0.3 is 5.11 Å². The lowest BCUT2D eigenvalue weighted by Gasteiger charge is -2.01. The molecule has 82 valence electrons. The minimum absolute atomic E-state index is 0.0990. The van der Waals surface area contributed by atoms with Crippen LogP contribution in [0.2, 0.25) is 0 Å². The number of hydrogen-bond acceptors (Lipinski definition) is 6. The molecule has 0 aliphatic rings. The molecule has 2 aromatic rings. The average molecular weight is 237 g/mol. The normalized spacial score (nSPS) is 10.3. The summed E-state index contributed by atoms with van der Waals surface area (Å²) in [7, 11) is 0. The highest BCUT2D eigenvalue weighted by atomic mass is 32.2. The van der Waals surface area contributed by atoms with E-state index in [2.05, 4.69) is 25.1 Å². The SMILES string of the molecule is Cc1nc(Sc2ncn[nH]2)ncc1C(=O)O. The molecule has 0 aromatic carbocycles. The number of rotatable bonds is 3. The van der Waals surface area contributed by atoms with Crippen molar-refractivity contribution >= 4 is 17.7 Å². The molecule has 8 heteroatoms. The number of aryl methyl sites for hydroxylation is 1. The van der Waals surface area contributed by atoms with Gasteiger partial charge in [-0.1, -0.05) is 0 Å². The Bertz CT molecular complexity index is 513. The van der Waals surface area contributed by atoms with Gasteiger partial charge in [0.25, 0.3) is 0 Å². The molecule has 2 N–H and O–H groups in total. The third-order valence-electron chi connectivity index (χ3n) is 1.77. The van der Waals surface area contributed by atoms with Crippen LogP contribution in [-0.2, 0) is 0 Å². The molecular weight excluding hydrogens is 230 g/mol. The van der Waals surface area contributed by atoms with Gasteiger partial charge in [0.05, 0.1) is 11.3 Å². The van der Waals surface area contributed by atoms with Crippen molar-refractivity contribution in [1.82, 2.24) is 25.1 Å². The Balaban J connectivity index is 2.24. The summed E-state index contributed by atoms with van der Waals surface area (Å²) in [5, 5.41) is 16.1. The van der Waals surface area contributed by atoms with Crippen LogP contribution in [0.3, 0.4) is 0 Å². The van der Waals surface area contributed by atoms with E-state index in [1.165, 1.54) is 24.3 Å². The summed E-state index contributed by atoms with van der Waals surface area (Å²) in [6, 6.07) is 0. The molecule has 0 aliphatic heterocycles. The minimum atomic E-state index is -1.03. The number of carboxylic acid groups (broad SMARTS) is 1. The molecule has 0 spiro atoms. The lowest BCUT2D eigenvalue weighted by molar-refractivity contribution is 0.0695. The first-order chi connectivity index (χ1) is 7.66. The molecule has 0 radical (unpaired) electrons. The largest absolute Gasteiger partial charge is 0.478 e. The summed E-state index contributed by atoms with van der Waals surface area (Å²) in [6.07, 6.45) is 2.66. The van der Waals surface area contributed by atoms with Crippen molar-refractivity contribution in [3.8, 4) is 0 Å². The summed E-state index contributed by atoms with van der Waals surface area (Å²) >= 11 is 1.18. The van der Waals surface area contributed by atoms with Crippen LogP contribution in [0.15, 0.2) is 22.8 Å². The highest BCUT2D eigenvalue weighted by molar-refractivity contribution is 7.99. The second-order valence-electron chi connectivity index (χ2n) is 2.85. The fourth-order valence-electron chi connectivity index (χ4n) is 1.03. The summed E-state index contributed by atoms with van der Waals surface area (Å²) in [4.78, 5) is 22.6. The molecule has 0 saturated carbocycles. The second-order valence-corrected chi connectivity index (χ2v) is 3.81. The number of H-pyrrole nitrogens is 1. The third kappa shape index (κ3) is 2.16. The van der Waals surface area contributed by atoms with E-state index in [9.17, 15) is 4.79 Å². The number of aromatic amines is 1. The van der Waals surface area contributed by atoms with Gasteiger partial charge in [0, 0.05) is 6.20 Å². The van der Waals surface area contributed by atoms with E-state index < -0.39 is 5.97 Å². The first-order valence-electron chi connectivity index (χ1n) is 4.27. The second kappa shape index (κ2) is 4.27. The van der Waals surface area contributed by atoms with Gasteiger partial charge in [-0.05, 0) is 18.7 Å². The van der Waals surface area contributed by atoms with E-state index in [1.54, 1.807) is 6.92 Å². The zero-order valence-electron chi connectivity index (χ0n) is 8.21. The van der Waals surface area contributed by atoms with Crippen LogP contribution in [0.1, 0.15) is 16.1 Å². The maximum atomic E-state index is 10.7. The zero-order valence-corrected chi connectivity index (χ0v) is 9.02. The standard InChI is InChI=1S/C8H7N5O2S/c1-4-5(6(14)15)2-9-7(12-4)16-8-10-3-11-13-8/h2-3H,1H3,(H,14,15)(H,10,11,13). The van der Waals surface area contributed by atoms with Crippen LogP contribution < -0.4 is 0 Å². The van der Waals surface area contributed by atoms with Gasteiger partial charge in [-0.15, -0.1) is 0 Å². The molecule has 16 heavy (non-hydrogen) atoms. The number of nitrogens with zero attached hydrogens (tertiary/aromatic N) is 4. The molecule has 0 fully saturated rings. The quantitative estimate of drug-likeness (QED) is 0.759. The van der Waals surface area contributed by atoms with Crippen LogP contribution in [0.5, 0.6) is 0 Å².